The highest BCUT2D eigenvalue weighted by atomic mass is 16.3. The van der Waals surface area contributed by atoms with Gasteiger partial charge in [0.05, 0.1) is 18.8 Å². The third-order valence-electron chi connectivity index (χ3n) is 5.66. The predicted octanol–water partition coefficient (Wildman–Crippen LogP) is 2.45. The number of rotatable bonds is 7. The minimum atomic E-state index is 0.152. The summed E-state index contributed by atoms with van der Waals surface area (Å²) < 4.78 is 5.60. The molecule has 0 radical (unpaired) electrons. The van der Waals surface area contributed by atoms with Crippen molar-refractivity contribution in [2.45, 2.75) is 57.2 Å². The van der Waals surface area contributed by atoms with Crippen molar-refractivity contribution in [1.82, 2.24) is 20.4 Å². The second-order valence-corrected chi connectivity index (χ2v) is 7.78. The first-order chi connectivity index (χ1) is 12.7. The second kappa shape index (κ2) is 9.42. The van der Waals surface area contributed by atoms with Gasteiger partial charge in [-0.25, -0.2) is 0 Å². The summed E-state index contributed by atoms with van der Waals surface area (Å²) in [4.78, 5) is 9.69. The van der Waals surface area contributed by atoms with E-state index in [1.54, 1.807) is 6.26 Å². The van der Waals surface area contributed by atoms with Crippen LogP contribution in [0.25, 0.3) is 0 Å². The molecule has 1 saturated heterocycles. The standard InChI is InChI=1S/C20H35N5O/c1-4-21-20(22-14-18(24(2)3)19-10-7-13-26-19)23-16-11-12-25(15-16)17-8-5-6-9-17/h7,10,13,16-18H,4-6,8-9,11-12,14-15H2,1-3H3,(H2,21,22,23). The predicted molar refractivity (Wildman–Crippen MR) is 106 cm³/mol. The van der Waals surface area contributed by atoms with Crippen LogP contribution in [0.3, 0.4) is 0 Å². The van der Waals surface area contributed by atoms with Crippen LogP contribution in [-0.4, -0.2) is 68.1 Å². The van der Waals surface area contributed by atoms with E-state index in [0.717, 1.165) is 30.9 Å². The summed E-state index contributed by atoms with van der Waals surface area (Å²) >= 11 is 0. The van der Waals surface area contributed by atoms with Crippen molar-refractivity contribution in [2.24, 2.45) is 4.99 Å². The third-order valence-corrected chi connectivity index (χ3v) is 5.66. The second-order valence-electron chi connectivity index (χ2n) is 7.78. The zero-order valence-corrected chi connectivity index (χ0v) is 16.6. The highest BCUT2D eigenvalue weighted by Gasteiger charge is 2.30. The van der Waals surface area contributed by atoms with Gasteiger partial charge in [-0.15, -0.1) is 0 Å². The van der Waals surface area contributed by atoms with Crippen molar-refractivity contribution in [3.8, 4) is 0 Å². The highest BCUT2D eigenvalue weighted by Crippen LogP contribution is 2.26. The fourth-order valence-electron chi connectivity index (χ4n) is 4.19. The van der Waals surface area contributed by atoms with Gasteiger partial charge in [-0.3, -0.25) is 14.8 Å². The summed E-state index contributed by atoms with van der Waals surface area (Å²) in [6.07, 6.45) is 8.51. The van der Waals surface area contributed by atoms with Crippen molar-refractivity contribution in [1.29, 1.82) is 0 Å². The van der Waals surface area contributed by atoms with Crippen LogP contribution in [0.2, 0.25) is 0 Å². The van der Waals surface area contributed by atoms with Gasteiger partial charge >= 0.3 is 0 Å². The van der Waals surface area contributed by atoms with E-state index in [-0.39, 0.29) is 6.04 Å². The van der Waals surface area contributed by atoms with Gasteiger partial charge in [0.25, 0.3) is 0 Å². The Labute approximate surface area is 158 Å². The first kappa shape index (κ1) is 19.2. The average molecular weight is 362 g/mol. The molecule has 146 valence electrons. The third kappa shape index (κ3) is 5.01. The molecule has 0 aromatic carbocycles. The van der Waals surface area contributed by atoms with Crippen molar-refractivity contribution < 1.29 is 4.42 Å². The maximum atomic E-state index is 5.60. The van der Waals surface area contributed by atoms with Crippen LogP contribution in [0.15, 0.2) is 27.8 Å². The Morgan fingerprint density at radius 3 is 2.81 bits per heavy atom. The largest absolute Gasteiger partial charge is 0.468 e. The van der Waals surface area contributed by atoms with E-state index in [4.69, 9.17) is 9.41 Å². The van der Waals surface area contributed by atoms with Crippen LogP contribution < -0.4 is 10.6 Å². The number of likely N-dealkylation sites (N-methyl/N-ethyl adjacent to an activating group) is 1. The lowest BCUT2D eigenvalue weighted by molar-refractivity contribution is 0.242. The number of nitrogens with one attached hydrogen (secondary N) is 2. The number of guanidine groups is 1. The van der Waals surface area contributed by atoms with Crippen LogP contribution in [-0.2, 0) is 0 Å². The molecule has 2 aliphatic rings. The molecule has 0 bridgehead atoms. The van der Waals surface area contributed by atoms with E-state index in [1.807, 2.05) is 12.1 Å². The van der Waals surface area contributed by atoms with Gasteiger partial charge in [0, 0.05) is 31.7 Å². The summed E-state index contributed by atoms with van der Waals surface area (Å²) in [6, 6.07) is 5.43. The molecule has 1 aromatic rings. The lowest BCUT2D eigenvalue weighted by Crippen LogP contribution is -2.45. The molecule has 2 atom stereocenters. The fraction of sp³-hybridized carbons (Fsp3) is 0.750. The minimum Gasteiger partial charge on any atom is -0.468 e. The SMILES string of the molecule is CCNC(=NCC(c1ccco1)N(C)C)NC1CCN(C2CCCC2)C1. The fourth-order valence-corrected chi connectivity index (χ4v) is 4.19. The van der Waals surface area contributed by atoms with Gasteiger partial charge in [0.1, 0.15) is 5.76 Å². The molecule has 0 spiro atoms. The zero-order valence-electron chi connectivity index (χ0n) is 16.6. The van der Waals surface area contributed by atoms with Gasteiger partial charge < -0.3 is 15.1 Å². The van der Waals surface area contributed by atoms with E-state index < -0.39 is 0 Å². The molecule has 2 fully saturated rings. The van der Waals surface area contributed by atoms with Crippen molar-refractivity contribution in [3.63, 3.8) is 0 Å². The Morgan fingerprint density at radius 2 is 2.15 bits per heavy atom. The molecule has 0 amide bonds. The number of furan rings is 1. The molecule has 2 heterocycles. The number of hydrogen-bond donors (Lipinski definition) is 2. The van der Waals surface area contributed by atoms with Crippen molar-refractivity contribution in [2.75, 3.05) is 40.3 Å². The monoisotopic (exact) mass is 361 g/mol. The van der Waals surface area contributed by atoms with Gasteiger partial charge in [0.15, 0.2) is 5.96 Å². The van der Waals surface area contributed by atoms with E-state index in [9.17, 15) is 0 Å². The van der Waals surface area contributed by atoms with E-state index in [1.165, 1.54) is 38.6 Å². The molecule has 6 heteroatoms. The Balaban J connectivity index is 1.56. The Bertz CT molecular complexity index is 551. The lowest BCUT2D eigenvalue weighted by Gasteiger charge is -2.24. The summed E-state index contributed by atoms with van der Waals surface area (Å²) in [5.74, 6) is 1.88. The van der Waals surface area contributed by atoms with Crippen LogP contribution in [0.1, 0.15) is 50.8 Å². The van der Waals surface area contributed by atoms with Crippen molar-refractivity contribution >= 4 is 5.96 Å². The number of hydrogen-bond acceptors (Lipinski definition) is 4. The molecule has 26 heavy (non-hydrogen) atoms. The molecule has 2 unspecified atom stereocenters. The smallest absolute Gasteiger partial charge is 0.191 e. The topological polar surface area (TPSA) is 56.0 Å². The van der Waals surface area contributed by atoms with Gasteiger partial charge in [0.2, 0.25) is 0 Å². The van der Waals surface area contributed by atoms with Gasteiger partial charge in [-0.05, 0) is 52.4 Å². The van der Waals surface area contributed by atoms with E-state index in [0.29, 0.717) is 12.6 Å². The number of likely N-dealkylation sites (tertiary alicyclic amines) is 1. The quantitative estimate of drug-likeness (QED) is 0.577. The van der Waals surface area contributed by atoms with Gasteiger partial charge in [-0.2, -0.15) is 0 Å². The summed E-state index contributed by atoms with van der Waals surface area (Å²) in [7, 11) is 4.14. The molecule has 1 aliphatic heterocycles. The van der Waals surface area contributed by atoms with Crippen LogP contribution in [0, 0.1) is 0 Å². The van der Waals surface area contributed by atoms with Crippen molar-refractivity contribution in [3.05, 3.63) is 24.2 Å². The summed E-state index contributed by atoms with van der Waals surface area (Å²) in [6.45, 7) is 6.03. The molecule has 6 nitrogen and oxygen atoms in total. The molecule has 1 aliphatic carbocycles. The molecule has 3 rings (SSSR count). The minimum absolute atomic E-state index is 0.152. The average Bonchev–Trinajstić information content (AvgIpc) is 3.37. The molecule has 2 N–H and O–H groups in total. The van der Waals surface area contributed by atoms with E-state index >= 15 is 0 Å². The maximum Gasteiger partial charge on any atom is 0.191 e. The molecule has 1 aromatic heterocycles. The first-order valence-electron chi connectivity index (χ1n) is 10.2. The van der Waals surface area contributed by atoms with Crippen LogP contribution in [0.5, 0.6) is 0 Å². The maximum absolute atomic E-state index is 5.60. The molecular formula is C20H35N5O. The van der Waals surface area contributed by atoms with Crippen LogP contribution >= 0.6 is 0 Å². The Morgan fingerprint density at radius 1 is 1.35 bits per heavy atom. The normalized spacial score (nSPS) is 23.7. The molecule has 1 saturated carbocycles. The highest BCUT2D eigenvalue weighted by molar-refractivity contribution is 5.80. The lowest BCUT2D eigenvalue weighted by atomic mass is 10.2. The van der Waals surface area contributed by atoms with Gasteiger partial charge in [-0.1, -0.05) is 12.8 Å². The van der Waals surface area contributed by atoms with E-state index in [2.05, 4.69) is 41.5 Å². The summed E-state index contributed by atoms with van der Waals surface area (Å²) in [5.41, 5.74) is 0. The Hall–Kier alpha value is -1.53. The summed E-state index contributed by atoms with van der Waals surface area (Å²) in [5, 5.41) is 7.06. The zero-order chi connectivity index (χ0) is 18.4. The first-order valence-corrected chi connectivity index (χ1v) is 10.2. The number of aliphatic imine (C=N–C) groups is 1. The number of nitrogens with zero attached hydrogens (tertiary/aromatic N) is 3. The molecular weight excluding hydrogens is 326 g/mol. The Kier molecular flexibility index (Phi) is 6.97. The van der Waals surface area contributed by atoms with Crippen LogP contribution in [0.4, 0.5) is 0 Å².